The maximum absolute atomic E-state index is 9.44. The van der Waals surface area contributed by atoms with Gasteiger partial charge in [-0.25, -0.2) is 0 Å². The molecule has 0 heterocycles. The van der Waals surface area contributed by atoms with E-state index < -0.39 is 55.5 Å². The van der Waals surface area contributed by atoms with Gasteiger partial charge >= 0.3 is 7.12 Å². The lowest BCUT2D eigenvalue weighted by atomic mass is 9.79. The van der Waals surface area contributed by atoms with E-state index in [1.807, 2.05) is 237 Å². The summed E-state index contributed by atoms with van der Waals surface area (Å²) in [5.74, 6) is 0. The molecule has 18 aromatic rings. The zero-order valence-electron chi connectivity index (χ0n) is 67.3. The standard InChI is InChI=1S/C46H30.C30H19Br.C16H13BO2/c1-2-14-31(15-3-1)37-28-29-44(39-22-7-6-21-38(37)39)46-42-25-10-8-23-40(42)45(41-24-9-11-26-43(41)46)34-19-12-18-33(30-34)36-27-13-17-32-16-4-5-20-35(32)36;31-30-27-16-8-6-14-24(27)29(25-15-7-9-17-28(25)30)26-19-18-21(20-10-2-1-3-11-20)22-12-4-5-13-23(22)26;18-17(19)14-8-3-7-13(11-14)16-10-4-6-12-5-1-2-9-15(12)16/h1-30H;1-19H;1-11,18-19H/i8D,9D,10D,11D,23D,24D,25D,26D;6D,7D,8D,9D,14D,15D,16D,17D;. The van der Waals surface area contributed by atoms with Crippen LogP contribution in [0.1, 0.15) is 21.9 Å². The van der Waals surface area contributed by atoms with Crippen molar-refractivity contribution in [2.45, 2.75) is 0 Å². The largest absolute Gasteiger partial charge is 0.488 e. The van der Waals surface area contributed by atoms with Gasteiger partial charge in [-0.1, -0.05) is 358 Å². The van der Waals surface area contributed by atoms with Gasteiger partial charge in [-0.05, 0) is 192 Å². The Hall–Kier alpha value is -11.5. The summed E-state index contributed by atoms with van der Waals surface area (Å²) in [6.45, 7) is 0. The van der Waals surface area contributed by atoms with Gasteiger partial charge in [-0.15, -0.1) is 0 Å². The summed E-state index contributed by atoms with van der Waals surface area (Å²) >= 11 is 3.47. The number of halogens is 1. The molecule has 2 nitrogen and oxygen atoms in total. The quantitative estimate of drug-likeness (QED) is 0.118. The van der Waals surface area contributed by atoms with Crippen LogP contribution in [-0.4, -0.2) is 17.2 Å². The van der Waals surface area contributed by atoms with Crippen LogP contribution < -0.4 is 5.46 Å². The normalized spacial score (nSPS) is 13.6. The Morgan fingerprint density at radius 1 is 0.229 bits per heavy atom. The van der Waals surface area contributed by atoms with E-state index in [-0.39, 0.29) is 95.9 Å². The third-order valence-corrected chi connectivity index (χ3v) is 18.6. The summed E-state index contributed by atoms with van der Waals surface area (Å²) in [4.78, 5) is 0. The molecular weight excluding hydrogens is 1230 g/mol. The van der Waals surface area contributed by atoms with Gasteiger partial charge in [0.15, 0.2) is 0 Å². The molecule has 0 saturated carbocycles. The van der Waals surface area contributed by atoms with Crippen LogP contribution in [0.2, 0.25) is 0 Å². The van der Waals surface area contributed by atoms with E-state index in [9.17, 15) is 15.5 Å². The second-order valence-electron chi connectivity index (χ2n) is 23.2. The molecule has 0 aromatic heterocycles. The van der Waals surface area contributed by atoms with Crippen molar-refractivity contribution in [2.75, 3.05) is 0 Å². The van der Waals surface area contributed by atoms with Crippen LogP contribution >= 0.6 is 15.9 Å². The Kier molecular flexibility index (Phi) is 12.0. The topological polar surface area (TPSA) is 40.5 Å². The fourth-order valence-corrected chi connectivity index (χ4v) is 14.1. The van der Waals surface area contributed by atoms with Crippen LogP contribution in [0.25, 0.3) is 164 Å². The van der Waals surface area contributed by atoms with Crippen LogP contribution in [-0.2, 0) is 0 Å². The van der Waals surface area contributed by atoms with Crippen LogP contribution in [0, 0.1) is 0 Å². The van der Waals surface area contributed by atoms with Gasteiger partial charge in [-0.3, -0.25) is 0 Å². The second-order valence-corrected chi connectivity index (χ2v) is 24.0. The zero-order valence-corrected chi connectivity index (χ0v) is 52.8. The molecule has 0 unspecified atom stereocenters. The van der Waals surface area contributed by atoms with Crippen LogP contribution in [0.15, 0.2) is 368 Å². The predicted molar refractivity (Wildman–Crippen MR) is 415 cm³/mol. The number of hydrogen-bond donors (Lipinski definition) is 2. The Labute approximate surface area is 589 Å². The van der Waals surface area contributed by atoms with Crippen LogP contribution in [0.4, 0.5) is 0 Å². The van der Waals surface area contributed by atoms with Gasteiger partial charge in [0.2, 0.25) is 0 Å². The fourth-order valence-electron chi connectivity index (χ4n) is 13.5. The molecule has 0 fully saturated rings. The SMILES string of the molecule is OB(O)c1cccc(-c2cccc3ccccc23)c1.[2H]c1c([2H])c([2H])c2c(-c3ccc(-c4ccccc4)c4ccccc34)c3c([2H])c([2H])c([2H])c([2H])c3c(-c3cccc(-c4cccc5ccccc45)c3)c2c1[2H].[2H]c1c([2H])c([2H])c2c(-c3ccc(-c4ccccc4)c4ccccc34)c3c([2H])c([2H])c([2H])c([2H])c3c(Br)c2c1[2H]. The van der Waals surface area contributed by atoms with Crippen molar-refractivity contribution in [1.29, 1.82) is 0 Å². The highest BCUT2D eigenvalue weighted by Gasteiger charge is 2.21. The molecule has 18 aromatic carbocycles. The first-order valence-electron chi connectivity index (χ1n) is 39.3. The van der Waals surface area contributed by atoms with Crippen molar-refractivity contribution >= 4 is 115 Å². The van der Waals surface area contributed by atoms with Crippen LogP contribution in [0.3, 0.4) is 0 Å². The average Bonchev–Trinajstić information content (AvgIpc) is 0.703. The third-order valence-electron chi connectivity index (χ3n) is 17.8. The molecule has 0 atom stereocenters. The minimum Gasteiger partial charge on any atom is -0.423 e. The predicted octanol–water partition coefficient (Wildman–Crippen LogP) is 24.4. The lowest BCUT2D eigenvalue weighted by molar-refractivity contribution is 0.426. The molecule has 452 valence electrons. The van der Waals surface area contributed by atoms with Crippen molar-refractivity contribution in [1.82, 2.24) is 0 Å². The van der Waals surface area contributed by atoms with Crippen molar-refractivity contribution in [2.24, 2.45) is 0 Å². The molecule has 0 saturated heterocycles. The van der Waals surface area contributed by atoms with E-state index in [1.165, 1.54) is 5.39 Å². The Bertz CT molecular complexity index is 6790. The fraction of sp³-hybridized carbons (Fsp3) is 0. The highest BCUT2D eigenvalue weighted by molar-refractivity contribution is 9.10. The first kappa shape index (κ1) is 44.2. The molecule has 0 aliphatic rings. The summed E-state index contributed by atoms with van der Waals surface area (Å²) in [7, 11) is -1.44. The molecule has 0 spiro atoms. The average molecular weight is 1310 g/mol. The summed E-state index contributed by atoms with van der Waals surface area (Å²) in [6, 6.07) is 80.9. The Morgan fingerprint density at radius 3 is 0.958 bits per heavy atom. The molecule has 2 N–H and O–H groups in total. The van der Waals surface area contributed by atoms with Crippen molar-refractivity contribution in [3.63, 3.8) is 0 Å². The first-order valence-corrected chi connectivity index (χ1v) is 32.1. The van der Waals surface area contributed by atoms with Crippen LogP contribution in [0.5, 0.6) is 0 Å². The van der Waals surface area contributed by atoms with E-state index in [4.69, 9.17) is 16.4 Å². The zero-order chi connectivity index (χ0) is 78.4. The molecule has 0 radical (unpaired) electrons. The van der Waals surface area contributed by atoms with E-state index >= 15 is 0 Å². The summed E-state index contributed by atoms with van der Waals surface area (Å²) < 4.78 is 142. The van der Waals surface area contributed by atoms with Gasteiger partial charge < -0.3 is 10.0 Å². The molecule has 96 heavy (non-hydrogen) atoms. The molecule has 0 bridgehead atoms. The van der Waals surface area contributed by atoms with Crippen molar-refractivity contribution in [3.05, 3.63) is 368 Å². The van der Waals surface area contributed by atoms with Gasteiger partial charge in [0.05, 0.1) is 21.9 Å². The Balaban J connectivity index is 0.000000142. The van der Waals surface area contributed by atoms with Gasteiger partial charge in [-0.2, -0.15) is 0 Å². The van der Waals surface area contributed by atoms with E-state index in [0.717, 1.165) is 82.2 Å². The molecular formula is C92H62BBrO2. The van der Waals surface area contributed by atoms with E-state index in [2.05, 4.69) is 40.2 Å². The second kappa shape index (κ2) is 26.1. The highest BCUT2D eigenvalue weighted by atomic mass is 79.9. The van der Waals surface area contributed by atoms with Crippen molar-refractivity contribution < 1.29 is 32.0 Å². The number of rotatable bonds is 8. The lowest BCUT2D eigenvalue weighted by Gasteiger charge is -2.20. The molecule has 18 rings (SSSR count). The molecule has 0 aliphatic heterocycles. The maximum atomic E-state index is 9.44. The van der Waals surface area contributed by atoms with Gasteiger partial charge in [0.25, 0.3) is 0 Å². The summed E-state index contributed by atoms with van der Waals surface area (Å²) in [5, 5.41) is 27.9. The van der Waals surface area contributed by atoms with E-state index in [1.54, 1.807) is 6.07 Å². The van der Waals surface area contributed by atoms with E-state index in [0.29, 0.717) is 38.8 Å². The summed E-state index contributed by atoms with van der Waals surface area (Å²) in [5.41, 5.74) is 11.2. The molecule has 0 amide bonds. The first-order chi connectivity index (χ1) is 54.1. The lowest BCUT2D eigenvalue weighted by Crippen LogP contribution is -2.29. The number of hydrogen-bond acceptors (Lipinski definition) is 2. The smallest absolute Gasteiger partial charge is 0.423 e. The number of benzene rings is 18. The monoisotopic (exact) mass is 1300 g/mol. The number of fused-ring (bicyclic) bond motifs is 8. The minimum absolute atomic E-state index is 0.171. The third kappa shape index (κ3) is 11.1. The Morgan fingerprint density at radius 2 is 0.521 bits per heavy atom. The highest BCUT2D eigenvalue weighted by Crippen LogP contribution is 2.49. The maximum Gasteiger partial charge on any atom is 0.488 e. The molecule has 0 aliphatic carbocycles. The van der Waals surface area contributed by atoms with Gasteiger partial charge in [0.1, 0.15) is 0 Å². The minimum atomic E-state index is -1.44. The van der Waals surface area contributed by atoms with Gasteiger partial charge in [0, 0.05) is 4.47 Å². The van der Waals surface area contributed by atoms with Crippen molar-refractivity contribution in [3.8, 4) is 77.9 Å². The molecule has 4 heteroatoms. The summed E-state index contributed by atoms with van der Waals surface area (Å²) in [6.07, 6.45) is 0.